The Morgan fingerprint density at radius 2 is 1.72 bits per heavy atom. The summed E-state index contributed by atoms with van der Waals surface area (Å²) in [4.78, 5) is 24.3. The molecule has 2 aromatic carbocycles. The molecule has 0 saturated carbocycles. The van der Waals surface area contributed by atoms with Crippen LogP contribution in [0.15, 0.2) is 42.5 Å². The number of hydrogen-bond acceptors (Lipinski definition) is 3. The minimum atomic E-state index is -0.489. The number of ether oxygens (including phenoxy) is 1. The Kier molecular flexibility index (Phi) is 6.34. The van der Waals surface area contributed by atoms with Crippen LogP contribution in [0.4, 0.5) is 5.69 Å². The lowest BCUT2D eigenvalue weighted by Gasteiger charge is -2.15. The van der Waals surface area contributed by atoms with Crippen molar-refractivity contribution >= 4 is 17.6 Å². The van der Waals surface area contributed by atoms with Gasteiger partial charge in [0.05, 0.1) is 5.56 Å². The summed E-state index contributed by atoms with van der Waals surface area (Å²) in [6.07, 6.45) is 0.981. The third-order valence-electron chi connectivity index (χ3n) is 4.17. The van der Waals surface area contributed by atoms with E-state index in [0.29, 0.717) is 11.5 Å². The molecule has 25 heavy (non-hydrogen) atoms. The van der Waals surface area contributed by atoms with E-state index >= 15 is 0 Å². The molecule has 0 saturated heterocycles. The number of carbonyl (C=O) groups is 2. The molecule has 0 unspecified atom stereocenters. The van der Waals surface area contributed by atoms with Crippen molar-refractivity contribution < 1.29 is 14.3 Å². The molecular formula is C21H25NO3. The lowest BCUT2D eigenvalue weighted by molar-refractivity contribution is -0.119. The van der Waals surface area contributed by atoms with Crippen LogP contribution in [-0.4, -0.2) is 18.5 Å². The Hall–Kier alpha value is -2.62. The topological polar surface area (TPSA) is 55.4 Å². The fourth-order valence-corrected chi connectivity index (χ4v) is 2.75. The van der Waals surface area contributed by atoms with Crippen molar-refractivity contribution in [3.05, 3.63) is 64.7 Å². The fourth-order valence-electron chi connectivity index (χ4n) is 2.75. The minimum Gasteiger partial charge on any atom is -0.452 e. The number of nitrogens with one attached hydrogen (secondary N) is 1. The quantitative estimate of drug-likeness (QED) is 0.782. The predicted octanol–water partition coefficient (Wildman–Crippen LogP) is 4.61. The predicted molar refractivity (Wildman–Crippen MR) is 100.0 cm³/mol. The van der Waals surface area contributed by atoms with Gasteiger partial charge < -0.3 is 10.1 Å². The van der Waals surface area contributed by atoms with Gasteiger partial charge in [-0.15, -0.1) is 0 Å². The number of amides is 1. The summed E-state index contributed by atoms with van der Waals surface area (Å²) < 4.78 is 5.15. The maximum absolute atomic E-state index is 12.2. The number of esters is 1. The second-order valence-corrected chi connectivity index (χ2v) is 6.40. The van der Waals surface area contributed by atoms with Crippen molar-refractivity contribution in [3.8, 4) is 0 Å². The molecule has 132 valence electrons. The summed E-state index contributed by atoms with van der Waals surface area (Å²) >= 11 is 0. The van der Waals surface area contributed by atoms with Crippen LogP contribution in [0.3, 0.4) is 0 Å². The number of para-hydroxylation sites is 1. The largest absolute Gasteiger partial charge is 0.452 e. The van der Waals surface area contributed by atoms with Gasteiger partial charge in [-0.2, -0.15) is 0 Å². The zero-order valence-corrected chi connectivity index (χ0v) is 15.3. The molecule has 0 bridgehead atoms. The van der Waals surface area contributed by atoms with E-state index in [1.54, 1.807) is 12.1 Å². The maximum atomic E-state index is 12.2. The number of hydrogen-bond donors (Lipinski definition) is 1. The molecule has 4 nitrogen and oxygen atoms in total. The highest BCUT2D eigenvalue weighted by Gasteiger charge is 2.14. The van der Waals surface area contributed by atoms with E-state index < -0.39 is 5.97 Å². The number of carbonyl (C=O) groups excluding carboxylic acids is 2. The first-order valence-corrected chi connectivity index (χ1v) is 8.55. The summed E-state index contributed by atoms with van der Waals surface area (Å²) in [5.41, 5.74) is 4.28. The highest BCUT2D eigenvalue weighted by molar-refractivity contribution is 5.96. The lowest BCUT2D eigenvalue weighted by atomic mass is 9.97. The first-order valence-electron chi connectivity index (χ1n) is 8.55. The third-order valence-corrected chi connectivity index (χ3v) is 4.17. The van der Waals surface area contributed by atoms with E-state index in [1.165, 1.54) is 0 Å². The normalized spacial score (nSPS) is 11.7. The molecule has 1 amide bonds. The molecule has 1 N–H and O–H groups in total. The monoisotopic (exact) mass is 339 g/mol. The molecule has 0 radical (unpaired) electrons. The van der Waals surface area contributed by atoms with Crippen LogP contribution in [0.5, 0.6) is 0 Å². The molecule has 4 heteroatoms. The first kappa shape index (κ1) is 18.7. The van der Waals surface area contributed by atoms with Gasteiger partial charge in [0.1, 0.15) is 0 Å². The Morgan fingerprint density at radius 3 is 2.36 bits per heavy atom. The maximum Gasteiger partial charge on any atom is 0.338 e. The Bertz CT molecular complexity index is 747. The number of benzene rings is 2. The third kappa shape index (κ3) is 5.18. The molecular weight excluding hydrogens is 314 g/mol. The number of aryl methyl sites for hydroxylation is 2. The Balaban J connectivity index is 1.98. The summed E-state index contributed by atoms with van der Waals surface area (Å²) in [6, 6.07) is 13.2. The van der Waals surface area contributed by atoms with Gasteiger partial charge in [0.25, 0.3) is 5.91 Å². The molecule has 0 spiro atoms. The van der Waals surface area contributed by atoms with Crippen LogP contribution in [0.2, 0.25) is 0 Å². The molecule has 2 rings (SSSR count). The summed E-state index contributed by atoms with van der Waals surface area (Å²) in [5, 5.41) is 2.84. The summed E-state index contributed by atoms with van der Waals surface area (Å²) in [6.45, 7) is 7.76. The standard InChI is InChI=1S/C21H25NO3/c1-5-16(4)18-8-6-7-9-19(18)22-20(23)13-25-21(24)17-11-14(2)10-15(3)12-17/h6-12,16H,5,13H2,1-4H3,(H,22,23)/t16-/m0/s1. The SMILES string of the molecule is CC[C@H](C)c1ccccc1NC(=O)COC(=O)c1cc(C)cc(C)c1. The van der Waals surface area contributed by atoms with E-state index in [2.05, 4.69) is 19.2 Å². The average molecular weight is 339 g/mol. The highest BCUT2D eigenvalue weighted by atomic mass is 16.5. The Morgan fingerprint density at radius 1 is 1.08 bits per heavy atom. The molecule has 0 aliphatic heterocycles. The molecule has 0 aliphatic carbocycles. The van der Waals surface area contributed by atoms with Gasteiger partial charge in [-0.25, -0.2) is 4.79 Å². The molecule has 0 heterocycles. The lowest BCUT2D eigenvalue weighted by Crippen LogP contribution is -2.21. The molecule has 1 atom stereocenters. The van der Waals surface area contributed by atoms with Crippen LogP contribution < -0.4 is 5.32 Å². The highest BCUT2D eigenvalue weighted by Crippen LogP contribution is 2.26. The van der Waals surface area contributed by atoms with Crippen molar-refractivity contribution in [2.24, 2.45) is 0 Å². The van der Waals surface area contributed by atoms with Crippen molar-refractivity contribution in [2.45, 2.75) is 40.0 Å². The summed E-state index contributed by atoms with van der Waals surface area (Å²) in [7, 11) is 0. The number of anilines is 1. The molecule has 0 aromatic heterocycles. The Labute approximate surface area is 149 Å². The smallest absolute Gasteiger partial charge is 0.338 e. The van der Waals surface area contributed by atoms with Crippen LogP contribution in [0.25, 0.3) is 0 Å². The van der Waals surface area contributed by atoms with Crippen molar-refractivity contribution in [1.82, 2.24) is 0 Å². The fraction of sp³-hybridized carbons (Fsp3) is 0.333. The van der Waals surface area contributed by atoms with Crippen molar-refractivity contribution in [3.63, 3.8) is 0 Å². The second-order valence-electron chi connectivity index (χ2n) is 6.40. The first-order chi connectivity index (χ1) is 11.9. The van der Waals surface area contributed by atoms with Gasteiger partial charge in [0.2, 0.25) is 0 Å². The molecule has 0 fully saturated rings. The van der Waals surface area contributed by atoms with E-state index in [0.717, 1.165) is 28.8 Å². The molecule has 0 aliphatic rings. The van der Waals surface area contributed by atoms with Gasteiger partial charge >= 0.3 is 5.97 Å². The number of rotatable bonds is 6. The van der Waals surface area contributed by atoms with Crippen molar-refractivity contribution in [2.75, 3.05) is 11.9 Å². The average Bonchev–Trinajstić information content (AvgIpc) is 2.58. The zero-order valence-electron chi connectivity index (χ0n) is 15.3. The van der Waals surface area contributed by atoms with E-state index in [1.807, 2.05) is 44.2 Å². The minimum absolute atomic E-state index is 0.305. The van der Waals surface area contributed by atoms with Crippen LogP contribution in [0, 0.1) is 13.8 Å². The van der Waals surface area contributed by atoms with Gasteiger partial charge in [-0.3, -0.25) is 4.79 Å². The molecule has 2 aromatic rings. The van der Waals surface area contributed by atoms with Gasteiger partial charge in [0.15, 0.2) is 6.61 Å². The van der Waals surface area contributed by atoms with Gasteiger partial charge in [0, 0.05) is 5.69 Å². The second kappa shape index (κ2) is 8.47. The van der Waals surface area contributed by atoms with Crippen molar-refractivity contribution in [1.29, 1.82) is 0 Å². The van der Waals surface area contributed by atoms with Gasteiger partial charge in [-0.1, -0.05) is 49.2 Å². The van der Waals surface area contributed by atoms with Gasteiger partial charge in [-0.05, 0) is 49.9 Å². The summed E-state index contributed by atoms with van der Waals surface area (Å²) in [5.74, 6) is -0.486. The zero-order chi connectivity index (χ0) is 18.4. The van der Waals surface area contributed by atoms with E-state index in [-0.39, 0.29) is 12.5 Å². The van der Waals surface area contributed by atoms with Crippen LogP contribution in [-0.2, 0) is 9.53 Å². The van der Waals surface area contributed by atoms with Crippen LogP contribution in [0.1, 0.15) is 53.2 Å². The van der Waals surface area contributed by atoms with E-state index in [4.69, 9.17) is 4.74 Å². The van der Waals surface area contributed by atoms with Crippen LogP contribution >= 0.6 is 0 Å². The van der Waals surface area contributed by atoms with E-state index in [9.17, 15) is 9.59 Å².